The second-order valence-corrected chi connectivity index (χ2v) is 8.50. The van der Waals surface area contributed by atoms with Crippen molar-refractivity contribution in [2.75, 3.05) is 16.8 Å². The molecular formula is C24H29N5OS. The van der Waals surface area contributed by atoms with Crippen LogP contribution in [0, 0.1) is 19.8 Å². The van der Waals surface area contributed by atoms with Gasteiger partial charge in [0.15, 0.2) is 5.00 Å². The third-order valence-electron chi connectivity index (χ3n) is 5.11. The lowest BCUT2D eigenvalue weighted by Gasteiger charge is -2.24. The molecule has 0 fully saturated rings. The number of carbonyl (C=O) groups is 1. The number of rotatable bonds is 8. The van der Waals surface area contributed by atoms with Gasteiger partial charge in [0.2, 0.25) is 5.91 Å². The fourth-order valence-corrected chi connectivity index (χ4v) is 3.69. The molecule has 1 heterocycles. The van der Waals surface area contributed by atoms with E-state index in [1.807, 2.05) is 64.1 Å². The number of carbonyl (C=O) groups excluding carboxylic acids is 1. The van der Waals surface area contributed by atoms with E-state index in [9.17, 15) is 4.79 Å². The third kappa shape index (κ3) is 5.76. The molecule has 0 bridgehead atoms. The van der Waals surface area contributed by atoms with Gasteiger partial charge in [-0.25, -0.2) is 0 Å². The van der Waals surface area contributed by atoms with Crippen molar-refractivity contribution >= 4 is 39.5 Å². The molecule has 0 saturated heterocycles. The summed E-state index contributed by atoms with van der Waals surface area (Å²) in [6.07, 6.45) is 0. The van der Waals surface area contributed by atoms with Gasteiger partial charge in [-0.15, -0.1) is 10.2 Å². The van der Waals surface area contributed by atoms with Crippen LogP contribution in [0.3, 0.4) is 0 Å². The van der Waals surface area contributed by atoms with E-state index in [0.29, 0.717) is 11.4 Å². The standard InChI is InChI=1S/C24H29N5OS/c1-6-29(15-19-10-8-7-9-11-19)20-12-13-21(22(14-20)25-23(30)16(2)3)26-27-24-17(4)18(5)28-31-24/h7-14,16H,6,15H2,1-5H3,(H,25,30)/b27-26+. The second-order valence-electron chi connectivity index (χ2n) is 7.74. The first kappa shape index (κ1) is 22.6. The van der Waals surface area contributed by atoms with Gasteiger partial charge in [0.25, 0.3) is 0 Å². The van der Waals surface area contributed by atoms with E-state index >= 15 is 0 Å². The molecule has 1 amide bonds. The summed E-state index contributed by atoms with van der Waals surface area (Å²) in [6, 6.07) is 16.3. The number of nitrogens with one attached hydrogen (secondary N) is 1. The number of anilines is 2. The van der Waals surface area contributed by atoms with E-state index in [1.54, 1.807) is 0 Å². The summed E-state index contributed by atoms with van der Waals surface area (Å²) in [4.78, 5) is 14.7. The van der Waals surface area contributed by atoms with E-state index in [4.69, 9.17) is 0 Å². The molecule has 0 aliphatic rings. The normalized spacial score (nSPS) is 11.3. The number of nitrogens with zero attached hydrogens (tertiary/aromatic N) is 4. The minimum Gasteiger partial charge on any atom is -0.367 e. The Kier molecular flexibility index (Phi) is 7.52. The molecule has 3 rings (SSSR count). The maximum absolute atomic E-state index is 12.4. The molecule has 0 spiro atoms. The van der Waals surface area contributed by atoms with Crippen molar-refractivity contribution in [1.82, 2.24) is 4.37 Å². The number of aromatic nitrogens is 1. The second kappa shape index (κ2) is 10.3. The minimum atomic E-state index is -0.133. The number of hydrogen-bond donors (Lipinski definition) is 1. The Hall–Kier alpha value is -3.06. The van der Waals surface area contributed by atoms with Gasteiger partial charge in [-0.05, 0) is 56.1 Å². The SMILES string of the molecule is CCN(Cc1ccccc1)c1ccc(/N=N/c2snc(C)c2C)c(NC(=O)C(C)C)c1. The van der Waals surface area contributed by atoms with Gasteiger partial charge in [-0.1, -0.05) is 44.2 Å². The first-order valence-corrected chi connectivity index (χ1v) is 11.2. The summed E-state index contributed by atoms with van der Waals surface area (Å²) in [5.74, 6) is -0.184. The number of amides is 1. The van der Waals surface area contributed by atoms with Crippen molar-refractivity contribution in [1.29, 1.82) is 0 Å². The van der Waals surface area contributed by atoms with Gasteiger partial charge in [0.05, 0.1) is 11.4 Å². The van der Waals surface area contributed by atoms with Gasteiger partial charge < -0.3 is 10.2 Å². The third-order valence-corrected chi connectivity index (χ3v) is 6.03. The Morgan fingerprint density at radius 1 is 1.13 bits per heavy atom. The molecule has 0 saturated carbocycles. The van der Waals surface area contributed by atoms with Crippen LogP contribution in [-0.2, 0) is 11.3 Å². The molecule has 0 unspecified atom stereocenters. The lowest BCUT2D eigenvalue weighted by Crippen LogP contribution is -2.22. The van der Waals surface area contributed by atoms with E-state index in [1.165, 1.54) is 17.1 Å². The van der Waals surface area contributed by atoms with Gasteiger partial charge in [-0.2, -0.15) is 4.37 Å². The van der Waals surface area contributed by atoms with E-state index in [-0.39, 0.29) is 11.8 Å². The van der Waals surface area contributed by atoms with Crippen molar-refractivity contribution in [3.63, 3.8) is 0 Å². The fourth-order valence-electron chi connectivity index (χ4n) is 2.97. The molecule has 162 valence electrons. The van der Waals surface area contributed by atoms with E-state index in [2.05, 4.69) is 43.9 Å². The highest BCUT2D eigenvalue weighted by atomic mass is 32.1. The predicted molar refractivity (Wildman–Crippen MR) is 129 cm³/mol. The van der Waals surface area contributed by atoms with Crippen molar-refractivity contribution in [3.8, 4) is 0 Å². The summed E-state index contributed by atoms with van der Waals surface area (Å²) in [6.45, 7) is 11.4. The topological polar surface area (TPSA) is 70.0 Å². The summed E-state index contributed by atoms with van der Waals surface area (Å²) in [5.41, 5.74) is 5.52. The highest BCUT2D eigenvalue weighted by Gasteiger charge is 2.14. The number of benzene rings is 2. The Morgan fingerprint density at radius 2 is 1.87 bits per heavy atom. The van der Waals surface area contributed by atoms with Crippen LogP contribution >= 0.6 is 11.5 Å². The maximum Gasteiger partial charge on any atom is 0.226 e. The van der Waals surface area contributed by atoms with Crippen LogP contribution in [-0.4, -0.2) is 16.8 Å². The molecule has 0 atom stereocenters. The first-order valence-electron chi connectivity index (χ1n) is 10.5. The molecule has 2 aromatic carbocycles. The van der Waals surface area contributed by atoms with Crippen LogP contribution in [0.4, 0.5) is 22.1 Å². The largest absolute Gasteiger partial charge is 0.367 e. The van der Waals surface area contributed by atoms with Crippen LogP contribution in [0.15, 0.2) is 58.8 Å². The number of hydrogen-bond acceptors (Lipinski definition) is 6. The zero-order valence-corrected chi connectivity index (χ0v) is 19.5. The summed E-state index contributed by atoms with van der Waals surface area (Å²) in [7, 11) is 0. The van der Waals surface area contributed by atoms with Crippen molar-refractivity contribution < 1.29 is 4.79 Å². The number of aryl methyl sites for hydroxylation is 1. The Balaban J connectivity index is 1.93. The van der Waals surface area contributed by atoms with E-state index in [0.717, 1.165) is 35.0 Å². The molecule has 7 heteroatoms. The average Bonchev–Trinajstić information content (AvgIpc) is 3.09. The van der Waals surface area contributed by atoms with Crippen molar-refractivity contribution in [2.45, 2.75) is 41.2 Å². The lowest BCUT2D eigenvalue weighted by atomic mass is 10.1. The van der Waals surface area contributed by atoms with Gasteiger partial charge in [-0.3, -0.25) is 4.79 Å². The summed E-state index contributed by atoms with van der Waals surface area (Å²) in [5, 5.41) is 12.6. The first-order chi connectivity index (χ1) is 14.9. The maximum atomic E-state index is 12.4. The fraction of sp³-hybridized carbons (Fsp3) is 0.333. The molecule has 0 aliphatic carbocycles. The lowest BCUT2D eigenvalue weighted by molar-refractivity contribution is -0.118. The molecule has 1 N–H and O–H groups in total. The Bertz CT molecular complexity index is 1060. The molecule has 0 radical (unpaired) electrons. The molecule has 31 heavy (non-hydrogen) atoms. The van der Waals surface area contributed by atoms with Gasteiger partial charge in [0, 0.05) is 30.3 Å². The quantitative estimate of drug-likeness (QED) is 0.396. The number of azo groups is 1. The summed E-state index contributed by atoms with van der Waals surface area (Å²) >= 11 is 1.33. The van der Waals surface area contributed by atoms with Crippen LogP contribution < -0.4 is 10.2 Å². The average molecular weight is 436 g/mol. The predicted octanol–water partition coefficient (Wildman–Crippen LogP) is 6.80. The Morgan fingerprint density at radius 3 is 2.48 bits per heavy atom. The van der Waals surface area contributed by atoms with Gasteiger partial charge >= 0.3 is 0 Å². The van der Waals surface area contributed by atoms with Crippen LogP contribution in [0.25, 0.3) is 0 Å². The highest BCUT2D eigenvalue weighted by molar-refractivity contribution is 7.10. The van der Waals surface area contributed by atoms with Crippen LogP contribution in [0.1, 0.15) is 37.6 Å². The van der Waals surface area contributed by atoms with Crippen LogP contribution in [0.5, 0.6) is 0 Å². The molecule has 1 aromatic heterocycles. The van der Waals surface area contributed by atoms with Gasteiger partial charge in [0.1, 0.15) is 5.69 Å². The highest BCUT2D eigenvalue weighted by Crippen LogP contribution is 2.34. The smallest absolute Gasteiger partial charge is 0.226 e. The van der Waals surface area contributed by atoms with Crippen LogP contribution in [0.2, 0.25) is 0 Å². The zero-order chi connectivity index (χ0) is 22.4. The zero-order valence-electron chi connectivity index (χ0n) is 18.7. The molecule has 3 aromatic rings. The Labute approximate surface area is 188 Å². The van der Waals surface area contributed by atoms with Crippen molar-refractivity contribution in [3.05, 3.63) is 65.4 Å². The molecule has 0 aliphatic heterocycles. The van der Waals surface area contributed by atoms with E-state index < -0.39 is 0 Å². The molecule has 6 nitrogen and oxygen atoms in total. The molecular weight excluding hydrogens is 406 g/mol. The monoisotopic (exact) mass is 435 g/mol. The minimum absolute atomic E-state index is 0.0514. The summed E-state index contributed by atoms with van der Waals surface area (Å²) < 4.78 is 4.32. The van der Waals surface area contributed by atoms with Crippen molar-refractivity contribution in [2.24, 2.45) is 16.1 Å².